The van der Waals surface area contributed by atoms with Crippen molar-refractivity contribution in [2.24, 2.45) is 0 Å². The van der Waals surface area contributed by atoms with Crippen molar-refractivity contribution in [2.45, 2.75) is 23.8 Å². The Morgan fingerprint density at radius 1 is 1.00 bits per heavy atom. The molecule has 4 aromatic rings. The quantitative estimate of drug-likeness (QED) is 0.373. The number of benzene rings is 3. The summed E-state index contributed by atoms with van der Waals surface area (Å²) >= 11 is 7.60. The zero-order valence-corrected chi connectivity index (χ0v) is 18.0. The fourth-order valence-corrected chi connectivity index (χ4v) is 5.32. The molecule has 0 saturated heterocycles. The standard InChI is InChI=1S/C25H22ClNO2S/c26-11-12-29-19-8-5-17(6-9-19)14-27-23-10-7-18(15-28)13-21(23)22-16-30-24-4-2-1-3-20(24)25(22)27/h1-10,13,28H,11-12,14-16H2. The van der Waals surface area contributed by atoms with Crippen molar-refractivity contribution >= 4 is 34.3 Å². The fraction of sp³-hybridized carbons (Fsp3) is 0.200. The van der Waals surface area contributed by atoms with E-state index in [4.69, 9.17) is 16.3 Å². The summed E-state index contributed by atoms with van der Waals surface area (Å²) in [7, 11) is 0. The Morgan fingerprint density at radius 3 is 2.60 bits per heavy atom. The first-order valence-electron chi connectivity index (χ1n) is 10.0. The fourth-order valence-electron chi connectivity index (χ4n) is 4.16. The third-order valence-electron chi connectivity index (χ3n) is 5.54. The molecule has 0 radical (unpaired) electrons. The highest BCUT2D eigenvalue weighted by Gasteiger charge is 2.24. The lowest BCUT2D eigenvalue weighted by Gasteiger charge is -2.19. The number of hydrogen-bond donors (Lipinski definition) is 1. The van der Waals surface area contributed by atoms with Gasteiger partial charge in [0.05, 0.1) is 18.2 Å². The number of aliphatic hydroxyl groups is 1. The molecule has 1 N–H and O–H groups in total. The summed E-state index contributed by atoms with van der Waals surface area (Å²) in [5, 5.41) is 10.9. The van der Waals surface area contributed by atoms with Gasteiger partial charge in [-0.15, -0.1) is 23.4 Å². The molecule has 3 aromatic carbocycles. The summed E-state index contributed by atoms with van der Waals surface area (Å²) in [6.07, 6.45) is 0. The Labute approximate surface area is 185 Å². The molecule has 0 saturated carbocycles. The summed E-state index contributed by atoms with van der Waals surface area (Å²) in [5.41, 5.74) is 7.30. The minimum Gasteiger partial charge on any atom is -0.492 e. The lowest BCUT2D eigenvalue weighted by molar-refractivity contribution is 0.282. The van der Waals surface area contributed by atoms with E-state index in [-0.39, 0.29) is 6.61 Å². The second kappa shape index (κ2) is 8.38. The highest BCUT2D eigenvalue weighted by molar-refractivity contribution is 7.98. The largest absolute Gasteiger partial charge is 0.492 e. The van der Waals surface area contributed by atoms with Gasteiger partial charge in [0.2, 0.25) is 0 Å². The molecule has 0 aliphatic carbocycles. The van der Waals surface area contributed by atoms with Crippen molar-refractivity contribution in [1.29, 1.82) is 0 Å². The van der Waals surface area contributed by atoms with E-state index in [1.807, 2.05) is 30.0 Å². The second-order valence-corrected chi connectivity index (χ2v) is 8.78. The van der Waals surface area contributed by atoms with Crippen LogP contribution in [0.4, 0.5) is 0 Å². The molecule has 0 spiro atoms. The van der Waals surface area contributed by atoms with Crippen molar-refractivity contribution < 1.29 is 9.84 Å². The maximum atomic E-state index is 9.66. The zero-order chi connectivity index (χ0) is 20.5. The van der Waals surface area contributed by atoms with Crippen LogP contribution in [0.25, 0.3) is 22.2 Å². The van der Waals surface area contributed by atoms with Crippen LogP contribution in [-0.4, -0.2) is 22.2 Å². The van der Waals surface area contributed by atoms with Gasteiger partial charge in [-0.05, 0) is 47.0 Å². The Bertz CT molecular complexity index is 1200. The number of fused-ring (bicyclic) bond motifs is 5. The van der Waals surface area contributed by atoms with Crippen LogP contribution in [-0.2, 0) is 18.9 Å². The number of alkyl halides is 1. The van der Waals surface area contributed by atoms with Gasteiger partial charge in [-0.2, -0.15) is 0 Å². The van der Waals surface area contributed by atoms with E-state index in [1.165, 1.54) is 38.2 Å². The first kappa shape index (κ1) is 19.6. The van der Waals surface area contributed by atoms with Gasteiger partial charge < -0.3 is 14.4 Å². The van der Waals surface area contributed by atoms with Gasteiger partial charge in [0.25, 0.3) is 0 Å². The number of aromatic nitrogens is 1. The Kier molecular flexibility index (Phi) is 5.47. The number of hydrogen-bond acceptors (Lipinski definition) is 3. The van der Waals surface area contributed by atoms with Gasteiger partial charge in [0, 0.05) is 33.7 Å². The van der Waals surface area contributed by atoms with Crippen molar-refractivity contribution in [3.8, 4) is 17.0 Å². The molecule has 0 unspecified atom stereocenters. The van der Waals surface area contributed by atoms with E-state index in [0.717, 1.165) is 23.6 Å². The summed E-state index contributed by atoms with van der Waals surface area (Å²) in [4.78, 5) is 1.32. The molecule has 1 aliphatic heterocycles. The smallest absolute Gasteiger partial charge is 0.119 e. The van der Waals surface area contributed by atoms with Gasteiger partial charge in [0.1, 0.15) is 12.4 Å². The minimum atomic E-state index is 0.0589. The topological polar surface area (TPSA) is 34.4 Å². The maximum absolute atomic E-state index is 9.66. The number of nitrogens with zero attached hydrogens (tertiary/aromatic N) is 1. The van der Waals surface area contributed by atoms with Crippen LogP contribution in [0.3, 0.4) is 0 Å². The van der Waals surface area contributed by atoms with E-state index < -0.39 is 0 Å². The summed E-state index contributed by atoms with van der Waals surface area (Å²) < 4.78 is 8.03. The zero-order valence-electron chi connectivity index (χ0n) is 16.5. The molecule has 0 bridgehead atoms. The predicted molar refractivity (Wildman–Crippen MR) is 125 cm³/mol. The van der Waals surface area contributed by atoms with E-state index in [0.29, 0.717) is 12.5 Å². The first-order valence-corrected chi connectivity index (χ1v) is 11.6. The van der Waals surface area contributed by atoms with Crippen molar-refractivity contribution in [3.63, 3.8) is 0 Å². The van der Waals surface area contributed by atoms with Crippen LogP contribution in [0.5, 0.6) is 5.75 Å². The molecule has 1 aliphatic rings. The van der Waals surface area contributed by atoms with Crippen molar-refractivity contribution in [1.82, 2.24) is 4.57 Å². The van der Waals surface area contributed by atoms with Gasteiger partial charge in [-0.3, -0.25) is 0 Å². The highest BCUT2D eigenvalue weighted by atomic mass is 35.5. The summed E-state index contributed by atoms with van der Waals surface area (Å²) in [6.45, 7) is 1.35. The summed E-state index contributed by atoms with van der Waals surface area (Å²) in [5.74, 6) is 2.26. The molecule has 0 fully saturated rings. The maximum Gasteiger partial charge on any atom is 0.119 e. The van der Waals surface area contributed by atoms with Gasteiger partial charge in [0.15, 0.2) is 0 Å². The number of ether oxygens (including phenoxy) is 1. The number of aliphatic hydroxyl groups excluding tert-OH is 1. The SMILES string of the molecule is OCc1ccc2c(c1)c1c(n2Cc2ccc(OCCCl)cc2)-c2ccccc2SC1. The van der Waals surface area contributed by atoms with Crippen LogP contribution in [0.1, 0.15) is 16.7 Å². The van der Waals surface area contributed by atoms with Crippen LogP contribution >= 0.6 is 23.4 Å². The lowest BCUT2D eigenvalue weighted by Crippen LogP contribution is -2.05. The first-order chi connectivity index (χ1) is 14.8. The average molecular weight is 436 g/mol. The molecule has 2 heterocycles. The molecule has 5 heteroatoms. The lowest BCUT2D eigenvalue weighted by atomic mass is 10.0. The van der Waals surface area contributed by atoms with Crippen LogP contribution in [0.15, 0.2) is 71.6 Å². The number of halogens is 1. The molecular formula is C25H22ClNO2S. The molecule has 30 heavy (non-hydrogen) atoms. The Balaban J connectivity index is 1.63. The molecular weight excluding hydrogens is 414 g/mol. The molecule has 5 rings (SSSR count). The molecule has 0 amide bonds. The van der Waals surface area contributed by atoms with Gasteiger partial charge >= 0.3 is 0 Å². The third kappa shape index (κ3) is 3.49. The molecule has 0 atom stereocenters. The molecule has 3 nitrogen and oxygen atoms in total. The molecule has 1 aromatic heterocycles. The Morgan fingerprint density at radius 2 is 1.80 bits per heavy atom. The van der Waals surface area contributed by atoms with Crippen molar-refractivity contribution in [3.05, 3.63) is 83.4 Å². The summed E-state index contributed by atoms with van der Waals surface area (Å²) in [6, 6.07) is 23.2. The Hall–Kier alpha value is -2.40. The third-order valence-corrected chi connectivity index (χ3v) is 6.79. The van der Waals surface area contributed by atoms with Crippen LogP contribution in [0, 0.1) is 0 Å². The van der Waals surface area contributed by atoms with Crippen LogP contribution < -0.4 is 4.74 Å². The molecule has 152 valence electrons. The number of thioether (sulfide) groups is 1. The van der Waals surface area contributed by atoms with E-state index in [2.05, 4.69) is 53.1 Å². The van der Waals surface area contributed by atoms with E-state index >= 15 is 0 Å². The number of rotatable bonds is 6. The highest BCUT2D eigenvalue weighted by Crippen LogP contribution is 2.46. The van der Waals surface area contributed by atoms with Gasteiger partial charge in [-0.25, -0.2) is 0 Å². The normalized spacial score (nSPS) is 12.6. The van der Waals surface area contributed by atoms with Gasteiger partial charge in [-0.1, -0.05) is 36.4 Å². The van der Waals surface area contributed by atoms with Crippen LogP contribution in [0.2, 0.25) is 0 Å². The monoisotopic (exact) mass is 435 g/mol. The van der Waals surface area contributed by atoms with E-state index in [1.54, 1.807) is 0 Å². The van der Waals surface area contributed by atoms with Crippen molar-refractivity contribution in [2.75, 3.05) is 12.5 Å². The average Bonchev–Trinajstić information content (AvgIpc) is 3.11. The minimum absolute atomic E-state index is 0.0589. The van der Waals surface area contributed by atoms with E-state index in [9.17, 15) is 5.11 Å². The predicted octanol–water partition coefficient (Wildman–Crippen LogP) is 6.07. The second-order valence-electron chi connectivity index (χ2n) is 7.39.